The lowest BCUT2D eigenvalue weighted by Crippen LogP contribution is -2.31. The predicted molar refractivity (Wildman–Crippen MR) is 112 cm³/mol. The Hall–Kier alpha value is -2.63. The van der Waals surface area contributed by atoms with Crippen molar-refractivity contribution in [1.82, 2.24) is 5.32 Å². The molecule has 0 saturated heterocycles. The van der Waals surface area contributed by atoms with E-state index in [4.69, 9.17) is 10.5 Å². The van der Waals surface area contributed by atoms with Crippen molar-refractivity contribution in [2.45, 2.75) is 38.8 Å². The molecule has 1 amide bonds. The van der Waals surface area contributed by atoms with Gasteiger partial charge in [0.1, 0.15) is 12.4 Å². The lowest BCUT2D eigenvalue weighted by atomic mass is 10.0. The van der Waals surface area contributed by atoms with Crippen molar-refractivity contribution < 1.29 is 14.6 Å². The monoisotopic (exact) mass is 382 g/mol. The third-order valence-electron chi connectivity index (χ3n) is 4.59. The molecule has 0 aliphatic carbocycles. The summed E-state index contributed by atoms with van der Waals surface area (Å²) in [6, 6.07) is 15.6. The number of nitrogens with two attached hydrogens (primary N) is 1. The molecule has 0 bridgehead atoms. The van der Waals surface area contributed by atoms with Gasteiger partial charge in [0, 0.05) is 12.6 Å². The lowest BCUT2D eigenvalue weighted by molar-refractivity contribution is 0.0996. The van der Waals surface area contributed by atoms with E-state index in [1.807, 2.05) is 37.3 Å². The van der Waals surface area contributed by atoms with Crippen LogP contribution in [0.15, 0.2) is 60.7 Å². The molecule has 0 aliphatic heterocycles. The van der Waals surface area contributed by atoms with Crippen molar-refractivity contribution in [2.24, 2.45) is 5.73 Å². The number of hydrogen-bond acceptors (Lipinski definition) is 4. The number of carbonyl (C=O) groups excluding carboxylic acids is 1. The number of hydrogen-bond donors (Lipinski definition) is 3. The zero-order valence-corrected chi connectivity index (χ0v) is 16.6. The highest BCUT2D eigenvalue weighted by Crippen LogP contribution is 2.23. The maximum Gasteiger partial charge on any atom is 0.252 e. The molecule has 2 rings (SSSR count). The van der Waals surface area contributed by atoms with E-state index in [1.54, 1.807) is 18.2 Å². The van der Waals surface area contributed by atoms with Gasteiger partial charge in [0.05, 0.1) is 11.7 Å². The van der Waals surface area contributed by atoms with E-state index in [0.717, 1.165) is 12.8 Å². The van der Waals surface area contributed by atoms with Crippen molar-refractivity contribution in [3.8, 4) is 5.75 Å². The molecule has 5 nitrogen and oxygen atoms in total. The van der Waals surface area contributed by atoms with E-state index < -0.39 is 12.0 Å². The van der Waals surface area contributed by atoms with Crippen LogP contribution in [0.5, 0.6) is 5.75 Å². The summed E-state index contributed by atoms with van der Waals surface area (Å²) in [6.45, 7) is 4.75. The topological polar surface area (TPSA) is 84.6 Å². The molecule has 0 spiro atoms. The first-order valence-corrected chi connectivity index (χ1v) is 9.64. The van der Waals surface area contributed by atoms with Gasteiger partial charge in [-0.3, -0.25) is 4.79 Å². The summed E-state index contributed by atoms with van der Waals surface area (Å²) in [6.07, 6.45) is 4.93. The Bertz CT molecular complexity index is 775. The van der Waals surface area contributed by atoms with Gasteiger partial charge in [-0.25, -0.2) is 0 Å². The SMILES string of the molecule is C/C=C/COc1ccc(C(O)CNC(C)CCc2ccccc2)cc1C(N)=O. The van der Waals surface area contributed by atoms with E-state index >= 15 is 0 Å². The Morgan fingerprint density at radius 1 is 1.25 bits per heavy atom. The van der Waals surface area contributed by atoms with Crippen molar-refractivity contribution in [3.05, 3.63) is 77.4 Å². The predicted octanol–water partition coefficient (Wildman–Crippen LogP) is 3.38. The lowest BCUT2D eigenvalue weighted by Gasteiger charge is -2.18. The number of nitrogens with one attached hydrogen (secondary N) is 1. The molecular weight excluding hydrogens is 352 g/mol. The van der Waals surface area contributed by atoms with Crippen molar-refractivity contribution >= 4 is 5.91 Å². The molecular formula is C23H30N2O3. The van der Waals surface area contributed by atoms with Crippen molar-refractivity contribution in [1.29, 1.82) is 0 Å². The third-order valence-corrected chi connectivity index (χ3v) is 4.59. The minimum atomic E-state index is -0.734. The standard InChI is InChI=1S/C23H30N2O3/c1-3-4-14-28-22-13-12-19(15-20(22)23(24)27)21(26)16-25-17(2)10-11-18-8-6-5-7-9-18/h3-9,12-13,15,17,21,25-26H,10-11,14,16H2,1-2H3,(H2,24,27)/b4-3+. The largest absolute Gasteiger partial charge is 0.489 e. The van der Waals surface area contributed by atoms with Crippen LogP contribution in [0.2, 0.25) is 0 Å². The number of aryl methyl sites for hydroxylation is 1. The molecule has 2 aromatic rings. The Morgan fingerprint density at radius 3 is 2.68 bits per heavy atom. The van der Waals surface area contributed by atoms with Gasteiger partial charge >= 0.3 is 0 Å². The quantitative estimate of drug-likeness (QED) is 0.520. The molecule has 5 heteroatoms. The number of rotatable bonds is 11. The van der Waals surface area contributed by atoms with Crippen molar-refractivity contribution in [2.75, 3.05) is 13.2 Å². The average molecular weight is 383 g/mol. The third kappa shape index (κ3) is 6.83. The molecule has 0 fully saturated rings. The van der Waals surface area contributed by atoms with Gasteiger partial charge in [-0.1, -0.05) is 48.6 Å². The highest BCUT2D eigenvalue weighted by molar-refractivity contribution is 5.95. The molecule has 0 saturated carbocycles. The van der Waals surface area contributed by atoms with Gasteiger partial charge in [-0.2, -0.15) is 0 Å². The molecule has 150 valence electrons. The Balaban J connectivity index is 1.90. The maximum absolute atomic E-state index is 11.7. The smallest absolute Gasteiger partial charge is 0.252 e. The molecule has 2 aromatic carbocycles. The number of benzene rings is 2. The zero-order valence-electron chi connectivity index (χ0n) is 16.6. The summed E-state index contributed by atoms with van der Waals surface area (Å²) in [5.41, 5.74) is 7.68. The Morgan fingerprint density at radius 2 is 2.00 bits per heavy atom. The fraction of sp³-hybridized carbons (Fsp3) is 0.348. The Labute approximate surface area is 167 Å². The van der Waals surface area contributed by atoms with Crippen LogP contribution in [0.4, 0.5) is 0 Å². The van der Waals surface area contributed by atoms with E-state index in [-0.39, 0.29) is 11.6 Å². The molecule has 0 heterocycles. The molecule has 0 aliphatic rings. The van der Waals surface area contributed by atoms with Gasteiger partial charge in [-0.15, -0.1) is 0 Å². The number of allylic oxidation sites excluding steroid dienone is 1. The molecule has 0 aromatic heterocycles. The average Bonchev–Trinajstić information content (AvgIpc) is 2.71. The summed E-state index contributed by atoms with van der Waals surface area (Å²) in [5, 5.41) is 13.8. The molecule has 2 unspecified atom stereocenters. The number of aliphatic hydroxyl groups is 1. The molecule has 0 radical (unpaired) electrons. The minimum Gasteiger partial charge on any atom is -0.489 e. The second kappa shape index (κ2) is 11.3. The number of primary amides is 1. The number of aliphatic hydroxyl groups excluding tert-OH is 1. The summed E-state index contributed by atoms with van der Waals surface area (Å²) in [4.78, 5) is 11.7. The number of carbonyl (C=O) groups is 1. The summed E-state index contributed by atoms with van der Waals surface area (Å²) in [5.74, 6) is -0.153. The molecule has 2 atom stereocenters. The van der Waals surface area contributed by atoms with Crippen molar-refractivity contribution in [3.63, 3.8) is 0 Å². The van der Waals surface area contributed by atoms with Gasteiger partial charge in [0.15, 0.2) is 0 Å². The van der Waals surface area contributed by atoms with Crippen LogP contribution < -0.4 is 15.8 Å². The van der Waals surface area contributed by atoms with E-state index in [9.17, 15) is 9.90 Å². The van der Waals surface area contributed by atoms with Gasteiger partial charge in [-0.05, 0) is 49.9 Å². The molecule has 4 N–H and O–H groups in total. The van der Waals surface area contributed by atoms with Crippen LogP contribution in [0, 0.1) is 0 Å². The minimum absolute atomic E-state index is 0.258. The highest BCUT2D eigenvalue weighted by atomic mass is 16.5. The van der Waals surface area contributed by atoms with Crippen LogP contribution in [0.3, 0.4) is 0 Å². The number of amides is 1. The summed E-state index contributed by atoms with van der Waals surface area (Å²) in [7, 11) is 0. The highest BCUT2D eigenvalue weighted by Gasteiger charge is 2.15. The van der Waals surface area contributed by atoms with Crippen LogP contribution in [0.25, 0.3) is 0 Å². The van der Waals surface area contributed by atoms with Crippen LogP contribution in [0.1, 0.15) is 47.9 Å². The fourth-order valence-electron chi connectivity index (χ4n) is 2.87. The zero-order chi connectivity index (χ0) is 20.4. The second-order valence-electron chi connectivity index (χ2n) is 6.85. The number of ether oxygens (including phenoxy) is 1. The van der Waals surface area contributed by atoms with Crippen LogP contribution in [-0.2, 0) is 6.42 Å². The van der Waals surface area contributed by atoms with Gasteiger partial charge < -0.3 is 20.9 Å². The first kappa shape index (κ1) is 21.7. The maximum atomic E-state index is 11.7. The van der Waals surface area contributed by atoms with E-state index in [0.29, 0.717) is 24.5 Å². The summed E-state index contributed by atoms with van der Waals surface area (Å²) < 4.78 is 5.56. The molecule has 28 heavy (non-hydrogen) atoms. The van der Waals surface area contributed by atoms with E-state index in [1.165, 1.54) is 5.56 Å². The van der Waals surface area contributed by atoms with Crippen LogP contribution in [-0.4, -0.2) is 30.2 Å². The fourth-order valence-corrected chi connectivity index (χ4v) is 2.87. The normalized spacial score (nSPS) is 13.4. The second-order valence-corrected chi connectivity index (χ2v) is 6.85. The first-order chi connectivity index (χ1) is 13.5. The first-order valence-electron chi connectivity index (χ1n) is 9.64. The van der Waals surface area contributed by atoms with Gasteiger partial charge in [0.25, 0.3) is 5.91 Å². The van der Waals surface area contributed by atoms with E-state index in [2.05, 4.69) is 24.4 Å². The summed E-state index contributed by atoms with van der Waals surface area (Å²) >= 11 is 0. The van der Waals surface area contributed by atoms with Gasteiger partial charge in [0.2, 0.25) is 0 Å². The Kier molecular flexibility index (Phi) is 8.72. The van der Waals surface area contributed by atoms with Crippen LogP contribution >= 0.6 is 0 Å².